The van der Waals surface area contributed by atoms with Crippen LogP contribution in [0.5, 0.6) is 0 Å². The van der Waals surface area contributed by atoms with Gasteiger partial charge in [-0.1, -0.05) is 84.1 Å². The van der Waals surface area contributed by atoms with E-state index in [4.69, 9.17) is 0 Å². The number of para-hydroxylation sites is 1. The second-order valence-corrected chi connectivity index (χ2v) is 10.8. The molecule has 3 aromatic carbocycles. The van der Waals surface area contributed by atoms with Crippen LogP contribution >= 0.6 is 7.14 Å². The molecule has 6 rings (SSSR count). The van der Waals surface area contributed by atoms with E-state index in [0.29, 0.717) is 5.69 Å². The van der Waals surface area contributed by atoms with E-state index in [2.05, 4.69) is 22.4 Å². The summed E-state index contributed by atoms with van der Waals surface area (Å²) < 4.78 is 17.0. The van der Waals surface area contributed by atoms with Crippen LogP contribution in [0, 0.1) is 0 Å². The summed E-state index contributed by atoms with van der Waals surface area (Å²) in [7, 11) is -3.10. The van der Waals surface area contributed by atoms with Crippen molar-refractivity contribution in [2.75, 3.05) is 0 Å². The third-order valence-electron chi connectivity index (χ3n) is 6.34. The molecule has 1 unspecified atom stereocenters. The fraction of sp³-hybridized carbons (Fsp3) is 0.111. The predicted octanol–water partition coefficient (Wildman–Crippen LogP) is 6.28. The molecule has 0 N–H and O–H groups in total. The Balaban J connectivity index is 1.59. The molecule has 32 heavy (non-hydrogen) atoms. The number of hydrogen-bond acceptors (Lipinski definition) is 3. The van der Waals surface area contributed by atoms with Gasteiger partial charge in [-0.15, -0.1) is 5.10 Å². The van der Waals surface area contributed by atoms with Crippen molar-refractivity contribution in [3.05, 3.63) is 120 Å². The van der Waals surface area contributed by atoms with E-state index in [1.807, 2.05) is 85.1 Å². The standard InChI is InChI=1S/C27H22N3OP/c31-32(22-15-8-3-9-16-22)26(20-11-4-1-5-12-20)23-17-10-18-24(23)27(32)25-19-30(29-28-25)21-13-6-2-7-14-21/h1-9,11-16,19H,10,17-18H2. The highest BCUT2D eigenvalue weighted by molar-refractivity contribution is 7.90. The summed E-state index contributed by atoms with van der Waals surface area (Å²) in [5.41, 5.74) is 5.14. The van der Waals surface area contributed by atoms with Gasteiger partial charge in [0, 0.05) is 10.6 Å². The second-order valence-electron chi connectivity index (χ2n) is 8.20. The lowest BCUT2D eigenvalue weighted by Gasteiger charge is -2.21. The van der Waals surface area contributed by atoms with Gasteiger partial charge >= 0.3 is 0 Å². The van der Waals surface area contributed by atoms with Crippen molar-refractivity contribution in [3.63, 3.8) is 0 Å². The first-order valence-electron chi connectivity index (χ1n) is 10.9. The number of hydrogen-bond donors (Lipinski definition) is 0. The van der Waals surface area contributed by atoms with Crippen LogP contribution in [0.25, 0.3) is 16.3 Å². The molecule has 4 nitrogen and oxygen atoms in total. The maximum atomic E-state index is 15.2. The van der Waals surface area contributed by atoms with Gasteiger partial charge in [0.25, 0.3) is 0 Å². The first-order valence-corrected chi connectivity index (χ1v) is 12.6. The van der Waals surface area contributed by atoms with Gasteiger partial charge in [0.15, 0.2) is 7.14 Å². The number of benzene rings is 3. The van der Waals surface area contributed by atoms with Crippen molar-refractivity contribution in [3.8, 4) is 5.69 Å². The van der Waals surface area contributed by atoms with Crippen LogP contribution in [0.3, 0.4) is 0 Å². The molecule has 0 amide bonds. The Morgan fingerprint density at radius 2 is 1.31 bits per heavy atom. The third-order valence-corrected chi connectivity index (χ3v) is 9.66. The van der Waals surface area contributed by atoms with Gasteiger partial charge in [-0.25, -0.2) is 4.68 Å². The average Bonchev–Trinajstić information content (AvgIpc) is 3.56. The second kappa shape index (κ2) is 7.58. The van der Waals surface area contributed by atoms with Crippen molar-refractivity contribution in [1.29, 1.82) is 0 Å². The van der Waals surface area contributed by atoms with E-state index in [-0.39, 0.29) is 0 Å². The normalized spacial score (nSPS) is 20.1. The van der Waals surface area contributed by atoms with E-state index < -0.39 is 7.14 Å². The maximum Gasteiger partial charge on any atom is 0.174 e. The highest BCUT2D eigenvalue weighted by Gasteiger charge is 2.47. The highest BCUT2D eigenvalue weighted by Crippen LogP contribution is 2.75. The number of aromatic nitrogens is 3. The molecule has 4 aromatic rings. The first-order chi connectivity index (χ1) is 15.8. The summed E-state index contributed by atoms with van der Waals surface area (Å²) in [6.45, 7) is 0. The van der Waals surface area contributed by atoms with Crippen LogP contribution in [-0.4, -0.2) is 15.0 Å². The summed E-state index contributed by atoms with van der Waals surface area (Å²) in [4.78, 5) is 0. The summed E-state index contributed by atoms with van der Waals surface area (Å²) in [6.07, 6.45) is 4.88. The van der Waals surface area contributed by atoms with Gasteiger partial charge in [-0.05, 0) is 48.1 Å². The van der Waals surface area contributed by atoms with E-state index in [0.717, 1.165) is 46.4 Å². The zero-order valence-electron chi connectivity index (χ0n) is 17.6. The molecule has 0 saturated heterocycles. The van der Waals surface area contributed by atoms with Crippen molar-refractivity contribution < 1.29 is 4.57 Å². The molecule has 0 radical (unpaired) electrons. The van der Waals surface area contributed by atoms with Crippen LogP contribution in [-0.2, 0) is 4.57 Å². The molecule has 1 aliphatic carbocycles. The quantitative estimate of drug-likeness (QED) is 0.355. The van der Waals surface area contributed by atoms with E-state index in [1.165, 1.54) is 11.1 Å². The third kappa shape index (κ3) is 2.87. The monoisotopic (exact) mass is 435 g/mol. The van der Waals surface area contributed by atoms with Gasteiger partial charge in [0.1, 0.15) is 5.69 Å². The van der Waals surface area contributed by atoms with Gasteiger partial charge < -0.3 is 4.57 Å². The summed E-state index contributed by atoms with van der Waals surface area (Å²) in [5, 5.41) is 11.7. The van der Waals surface area contributed by atoms with Gasteiger partial charge in [-0.3, -0.25) is 0 Å². The van der Waals surface area contributed by atoms with Crippen LogP contribution in [0.15, 0.2) is 108 Å². The lowest BCUT2D eigenvalue weighted by molar-refractivity contribution is 0.593. The molecule has 1 aromatic heterocycles. The maximum absolute atomic E-state index is 15.2. The summed E-state index contributed by atoms with van der Waals surface area (Å²) in [6, 6.07) is 30.1. The Bertz CT molecular complexity index is 1400. The Labute approximate surface area is 187 Å². The predicted molar refractivity (Wildman–Crippen MR) is 129 cm³/mol. The topological polar surface area (TPSA) is 47.8 Å². The number of fused-ring (bicyclic) bond motifs is 1. The lowest BCUT2D eigenvalue weighted by Crippen LogP contribution is -2.06. The minimum absolute atomic E-state index is 0.710. The van der Waals surface area contributed by atoms with Crippen molar-refractivity contribution >= 4 is 23.1 Å². The van der Waals surface area contributed by atoms with Gasteiger partial charge in [-0.2, -0.15) is 0 Å². The Kier molecular flexibility index (Phi) is 4.55. The van der Waals surface area contributed by atoms with Crippen molar-refractivity contribution in [2.24, 2.45) is 0 Å². The molecule has 5 heteroatoms. The molecule has 1 saturated carbocycles. The smallest absolute Gasteiger partial charge is 0.174 e. The van der Waals surface area contributed by atoms with Gasteiger partial charge in [0.05, 0.1) is 17.2 Å². The summed E-state index contributed by atoms with van der Waals surface area (Å²) >= 11 is 0. The zero-order chi connectivity index (χ0) is 21.5. The minimum Gasteiger partial charge on any atom is -0.309 e. The Hall–Kier alpha value is -3.49. The van der Waals surface area contributed by atoms with Gasteiger partial charge in [0.2, 0.25) is 0 Å². The molecule has 0 bridgehead atoms. The number of rotatable bonds is 4. The molecule has 2 aliphatic rings. The molecule has 1 atom stereocenters. The molecule has 0 spiro atoms. The van der Waals surface area contributed by atoms with Crippen LogP contribution < -0.4 is 5.30 Å². The van der Waals surface area contributed by atoms with E-state index >= 15 is 4.57 Å². The zero-order valence-corrected chi connectivity index (χ0v) is 18.5. The molecule has 2 heterocycles. The largest absolute Gasteiger partial charge is 0.309 e. The molecule has 1 aliphatic heterocycles. The van der Waals surface area contributed by atoms with Crippen LogP contribution in [0.1, 0.15) is 30.5 Å². The Morgan fingerprint density at radius 1 is 0.719 bits per heavy atom. The van der Waals surface area contributed by atoms with Crippen molar-refractivity contribution in [1.82, 2.24) is 15.0 Å². The minimum atomic E-state index is -3.10. The van der Waals surface area contributed by atoms with E-state index in [1.54, 1.807) is 4.68 Å². The molecular weight excluding hydrogens is 413 g/mol. The molecular formula is C27H22N3OP. The summed E-state index contributed by atoms with van der Waals surface area (Å²) in [5.74, 6) is 0. The number of allylic oxidation sites excluding steroid dienone is 2. The number of nitrogens with zero attached hydrogens (tertiary/aromatic N) is 3. The van der Waals surface area contributed by atoms with Crippen LogP contribution in [0.2, 0.25) is 0 Å². The fourth-order valence-corrected chi connectivity index (χ4v) is 8.53. The Morgan fingerprint density at radius 3 is 2.00 bits per heavy atom. The highest BCUT2D eigenvalue weighted by atomic mass is 31.2. The first kappa shape index (κ1) is 19.2. The van der Waals surface area contributed by atoms with Crippen molar-refractivity contribution in [2.45, 2.75) is 19.3 Å². The molecule has 156 valence electrons. The fourth-order valence-electron chi connectivity index (χ4n) is 5.00. The molecule has 1 fully saturated rings. The van der Waals surface area contributed by atoms with E-state index in [9.17, 15) is 0 Å². The lowest BCUT2D eigenvalue weighted by atomic mass is 10.0. The average molecular weight is 435 g/mol. The van der Waals surface area contributed by atoms with Crippen LogP contribution in [0.4, 0.5) is 0 Å². The SMILES string of the molecule is O=P1(c2ccccc2)C(c2ccccc2)=C2CCCC2=C1c1cn(-c2ccccc2)nn1.